The van der Waals surface area contributed by atoms with Crippen LogP contribution < -0.4 is 14.8 Å². The molecule has 0 unspecified atom stereocenters. The Morgan fingerprint density at radius 1 is 1.35 bits per heavy atom. The third-order valence-corrected chi connectivity index (χ3v) is 4.38. The molecule has 1 aromatic carbocycles. The highest BCUT2D eigenvalue weighted by Gasteiger charge is 2.17. The van der Waals surface area contributed by atoms with Gasteiger partial charge < -0.3 is 14.8 Å². The first-order valence-corrected chi connectivity index (χ1v) is 7.22. The Labute approximate surface area is 126 Å². The number of hydrogen-bond donors (Lipinski definition) is 1. The number of para-hydroxylation sites is 1. The molecule has 0 saturated heterocycles. The van der Waals surface area contributed by atoms with Crippen molar-refractivity contribution in [2.75, 3.05) is 6.79 Å². The van der Waals surface area contributed by atoms with Gasteiger partial charge in [0.1, 0.15) is 0 Å². The predicted octanol–water partition coefficient (Wildman–Crippen LogP) is 2.51. The zero-order chi connectivity index (χ0) is 14.1. The van der Waals surface area contributed by atoms with E-state index < -0.39 is 0 Å². The minimum absolute atomic E-state index is 0.304. The molecular formula is C14H16BrN3O2. The van der Waals surface area contributed by atoms with Gasteiger partial charge in [-0.15, -0.1) is 0 Å². The van der Waals surface area contributed by atoms with Crippen molar-refractivity contribution in [1.82, 2.24) is 15.1 Å². The zero-order valence-corrected chi connectivity index (χ0v) is 13.0. The lowest BCUT2D eigenvalue weighted by Gasteiger charge is -2.08. The Bertz CT molecular complexity index is 640. The van der Waals surface area contributed by atoms with Crippen molar-refractivity contribution in [3.63, 3.8) is 0 Å². The van der Waals surface area contributed by atoms with E-state index in [9.17, 15) is 0 Å². The van der Waals surface area contributed by atoms with E-state index in [1.54, 1.807) is 0 Å². The van der Waals surface area contributed by atoms with Crippen LogP contribution in [0.25, 0.3) is 0 Å². The van der Waals surface area contributed by atoms with E-state index in [1.165, 1.54) is 0 Å². The van der Waals surface area contributed by atoms with Crippen LogP contribution in [0.15, 0.2) is 22.7 Å². The van der Waals surface area contributed by atoms with Crippen molar-refractivity contribution in [2.24, 2.45) is 7.05 Å². The highest BCUT2D eigenvalue weighted by molar-refractivity contribution is 9.10. The Morgan fingerprint density at radius 2 is 2.20 bits per heavy atom. The Balaban J connectivity index is 1.68. The first kappa shape index (κ1) is 13.5. The van der Waals surface area contributed by atoms with Crippen LogP contribution in [-0.4, -0.2) is 16.6 Å². The minimum atomic E-state index is 0.304. The van der Waals surface area contributed by atoms with Crippen LogP contribution in [0.4, 0.5) is 0 Å². The summed E-state index contributed by atoms with van der Waals surface area (Å²) in [6.45, 7) is 3.76. The summed E-state index contributed by atoms with van der Waals surface area (Å²) in [5, 5.41) is 7.80. The molecule has 0 saturated carbocycles. The first-order valence-electron chi connectivity index (χ1n) is 6.43. The molecule has 1 aromatic heterocycles. The zero-order valence-electron chi connectivity index (χ0n) is 11.4. The number of hydrogen-bond acceptors (Lipinski definition) is 4. The molecule has 5 nitrogen and oxygen atoms in total. The summed E-state index contributed by atoms with van der Waals surface area (Å²) in [5.41, 5.74) is 3.24. The van der Waals surface area contributed by atoms with Gasteiger partial charge in [0.15, 0.2) is 11.5 Å². The Hall–Kier alpha value is -1.53. The van der Waals surface area contributed by atoms with Gasteiger partial charge in [0, 0.05) is 25.7 Å². The number of fused-ring (bicyclic) bond motifs is 1. The van der Waals surface area contributed by atoms with Crippen LogP contribution in [0.2, 0.25) is 0 Å². The third-order valence-electron chi connectivity index (χ3n) is 3.35. The van der Waals surface area contributed by atoms with E-state index in [0.29, 0.717) is 6.79 Å². The van der Waals surface area contributed by atoms with Crippen molar-refractivity contribution in [1.29, 1.82) is 0 Å². The molecule has 0 fully saturated rings. The van der Waals surface area contributed by atoms with E-state index >= 15 is 0 Å². The Kier molecular flexibility index (Phi) is 3.67. The SMILES string of the molecule is Cc1nn(C)c(CNCc2cccc3c2OCO3)c1Br. The predicted molar refractivity (Wildman–Crippen MR) is 78.8 cm³/mol. The van der Waals surface area contributed by atoms with E-state index in [4.69, 9.17) is 9.47 Å². The van der Waals surface area contributed by atoms with Crippen molar-refractivity contribution >= 4 is 15.9 Å². The van der Waals surface area contributed by atoms with Gasteiger partial charge in [-0.2, -0.15) is 5.10 Å². The second-order valence-electron chi connectivity index (χ2n) is 4.72. The molecule has 0 aliphatic carbocycles. The van der Waals surface area contributed by atoms with E-state index in [0.717, 1.165) is 46.0 Å². The standard InChI is InChI=1S/C14H16BrN3O2/c1-9-13(15)11(18(2)17-9)7-16-6-10-4-3-5-12-14(10)20-8-19-12/h3-5,16H,6-8H2,1-2H3. The second-order valence-corrected chi connectivity index (χ2v) is 5.52. The van der Waals surface area contributed by atoms with Crippen LogP contribution in [0, 0.1) is 6.92 Å². The second kappa shape index (κ2) is 5.46. The molecule has 106 valence electrons. The van der Waals surface area contributed by atoms with E-state index in [-0.39, 0.29) is 0 Å². The highest BCUT2D eigenvalue weighted by Crippen LogP contribution is 2.35. The fraction of sp³-hybridized carbons (Fsp3) is 0.357. The van der Waals surface area contributed by atoms with Crippen molar-refractivity contribution < 1.29 is 9.47 Å². The van der Waals surface area contributed by atoms with Crippen LogP contribution in [-0.2, 0) is 20.1 Å². The van der Waals surface area contributed by atoms with Gasteiger partial charge in [-0.05, 0) is 28.9 Å². The molecular weight excluding hydrogens is 322 g/mol. The van der Waals surface area contributed by atoms with Gasteiger partial charge in [-0.1, -0.05) is 12.1 Å². The summed E-state index contributed by atoms with van der Waals surface area (Å²) in [5.74, 6) is 1.67. The summed E-state index contributed by atoms with van der Waals surface area (Å²) in [7, 11) is 1.95. The summed E-state index contributed by atoms with van der Waals surface area (Å²) in [4.78, 5) is 0. The van der Waals surface area contributed by atoms with Crippen LogP contribution >= 0.6 is 15.9 Å². The van der Waals surface area contributed by atoms with Crippen LogP contribution in [0.5, 0.6) is 11.5 Å². The number of halogens is 1. The van der Waals surface area contributed by atoms with Crippen molar-refractivity contribution in [3.05, 3.63) is 39.6 Å². The lowest BCUT2D eigenvalue weighted by molar-refractivity contribution is 0.173. The fourth-order valence-corrected chi connectivity index (χ4v) is 2.79. The average Bonchev–Trinajstić information content (AvgIpc) is 2.99. The molecule has 1 N–H and O–H groups in total. The molecule has 0 spiro atoms. The topological polar surface area (TPSA) is 48.3 Å². The van der Waals surface area contributed by atoms with E-state index in [1.807, 2.05) is 36.9 Å². The number of rotatable bonds is 4. The van der Waals surface area contributed by atoms with Crippen molar-refractivity contribution in [2.45, 2.75) is 20.0 Å². The van der Waals surface area contributed by atoms with Crippen LogP contribution in [0.1, 0.15) is 17.0 Å². The van der Waals surface area contributed by atoms with Gasteiger partial charge >= 0.3 is 0 Å². The highest BCUT2D eigenvalue weighted by atomic mass is 79.9. The minimum Gasteiger partial charge on any atom is -0.454 e. The maximum atomic E-state index is 5.49. The van der Waals surface area contributed by atoms with E-state index in [2.05, 4.69) is 26.3 Å². The molecule has 6 heteroatoms. The lowest BCUT2D eigenvalue weighted by Crippen LogP contribution is -2.16. The van der Waals surface area contributed by atoms with Crippen LogP contribution in [0.3, 0.4) is 0 Å². The monoisotopic (exact) mass is 337 g/mol. The molecule has 0 bridgehead atoms. The van der Waals surface area contributed by atoms with Gasteiger partial charge in [0.2, 0.25) is 6.79 Å². The summed E-state index contributed by atoms with van der Waals surface area (Å²) < 4.78 is 13.8. The molecule has 3 rings (SSSR count). The van der Waals surface area contributed by atoms with Gasteiger partial charge in [-0.25, -0.2) is 0 Å². The maximum Gasteiger partial charge on any atom is 0.231 e. The molecule has 2 aromatic rings. The molecule has 0 amide bonds. The number of aryl methyl sites for hydroxylation is 2. The number of nitrogens with one attached hydrogen (secondary N) is 1. The molecule has 0 atom stereocenters. The van der Waals surface area contributed by atoms with Gasteiger partial charge in [0.05, 0.1) is 15.9 Å². The molecule has 0 radical (unpaired) electrons. The number of aromatic nitrogens is 2. The fourth-order valence-electron chi connectivity index (χ4n) is 2.32. The quantitative estimate of drug-likeness (QED) is 0.931. The summed E-state index contributed by atoms with van der Waals surface area (Å²) in [6.07, 6.45) is 0. The summed E-state index contributed by atoms with van der Waals surface area (Å²) >= 11 is 3.57. The Morgan fingerprint density at radius 3 is 2.95 bits per heavy atom. The lowest BCUT2D eigenvalue weighted by atomic mass is 10.2. The largest absolute Gasteiger partial charge is 0.454 e. The van der Waals surface area contributed by atoms with Crippen molar-refractivity contribution in [3.8, 4) is 11.5 Å². The molecule has 1 aliphatic rings. The maximum absolute atomic E-state index is 5.49. The number of benzene rings is 1. The normalized spacial score (nSPS) is 12.9. The average molecular weight is 338 g/mol. The van der Waals surface area contributed by atoms with Gasteiger partial charge in [-0.3, -0.25) is 4.68 Å². The number of nitrogens with zero attached hydrogens (tertiary/aromatic N) is 2. The summed E-state index contributed by atoms with van der Waals surface area (Å²) in [6, 6.07) is 5.95. The third kappa shape index (κ3) is 2.41. The molecule has 20 heavy (non-hydrogen) atoms. The first-order chi connectivity index (χ1) is 9.66. The van der Waals surface area contributed by atoms with Gasteiger partial charge in [0.25, 0.3) is 0 Å². The molecule has 2 heterocycles. The number of ether oxygens (including phenoxy) is 2. The smallest absolute Gasteiger partial charge is 0.231 e. The molecule has 1 aliphatic heterocycles.